The quantitative estimate of drug-likeness (QED) is 0.884. The third-order valence-corrected chi connectivity index (χ3v) is 4.63. The molecule has 0 aromatic carbocycles. The van der Waals surface area contributed by atoms with Gasteiger partial charge in [0.2, 0.25) is 0 Å². The lowest BCUT2D eigenvalue weighted by Crippen LogP contribution is -2.43. The van der Waals surface area contributed by atoms with Gasteiger partial charge in [0.15, 0.2) is 0 Å². The molecule has 5 heteroatoms. The number of likely N-dealkylation sites (tertiary alicyclic amines) is 1. The highest BCUT2D eigenvalue weighted by molar-refractivity contribution is 5.92. The number of nitrogens with one attached hydrogen (secondary N) is 1. The Kier molecular flexibility index (Phi) is 4.25. The van der Waals surface area contributed by atoms with Crippen molar-refractivity contribution in [3.05, 3.63) is 24.3 Å². The van der Waals surface area contributed by atoms with Gasteiger partial charge in [-0.25, -0.2) is 9.97 Å². The molecular formula is C15H22N4O. The van der Waals surface area contributed by atoms with Crippen molar-refractivity contribution in [2.45, 2.75) is 25.7 Å². The fourth-order valence-electron chi connectivity index (χ4n) is 3.43. The molecule has 3 rings (SSSR count). The van der Waals surface area contributed by atoms with E-state index in [2.05, 4.69) is 15.3 Å². The van der Waals surface area contributed by atoms with Crippen LogP contribution in [-0.4, -0.2) is 47.0 Å². The Labute approximate surface area is 119 Å². The van der Waals surface area contributed by atoms with Crippen LogP contribution in [0.3, 0.4) is 0 Å². The van der Waals surface area contributed by atoms with Gasteiger partial charge in [0.25, 0.3) is 5.91 Å². The van der Waals surface area contributed by atoms with Crippen LogP contribution in [0.15, 0.2) is 18.6 Å². The van der Waals surface area contributed by atoms with Crippen LogP contribution < -0.4 is 5.32 Å². The Hall–Kier alpha value is -1.49. The van der Waals surface area contributed by atoms with Crippen LogP contribution in [-0.2, 0) is 0 Å². The van der Waals surface area contributed by atoms with E-state index in [1.54, 1.807) is 12.3 Å². The lowest BCUT2D eigenvalue weighted by atomic mass is 9.80. The molecule has 0 aliphatic carbocycles. The Morgan fingerprint density at radius 2 is 2.10 bits per heavy atom. The molecule has 108 valence electrons. The highest BCUT2D eigenvalue weighted by Gasteiger charge is 2.29. The number of hydrogen-bond donors (Lipinski definition) is 1. The zero-order valence-corrected chi connectivity index (χ0v) is 11.8. The van der Waals surface area contributed by atoms with Gasteiger partial charge in [-0.1, -0.05) is 0 Å². The summed E-state index contributed by atoms with van der Waals surface area (Å²) in [6.07, 6.45) is 7.96. The average Bonchev–Trinajstić information content (AvgIpc) is 2.56. The fraction of sp³-hybridized carbons (Fsp3) is 0.667. The summed E-state index contributed by atoms with van der Waals surface area (Å²) in [7, 11) is 0. The molecule has 1 unspecified atom stereocenters. The molecule has 3 heterocycles. The predicted octanol–water partition coefficient (Wildman–Crippen LogP) is 1.33. The maximum absolute atomic E-state index is 12.3. The third kappa shape index (κ3) is 2.98. The molecule has 0 radical (unpaired) electrons. The van der Waals surface area contributed by atoms with Crippen molar-refractivity contribution in [3.63, 3.8) is 0 Å². The predicted molar refractivity (Wildman–Crippen MR) is 76.3 cm³/mol. The number of carbonyl (C=O) groups excluding carboxylic acids is 1. The van der Waals surface area contributed by atoms with E-state index >= 15 is 0 Å². The van der Waals surface area contributed by atoms with Crippen molar-refractivity contribution in [2.24, 2.45) is 11.8 Å². The maximum Gasteiger partial charge on any atom is 0.272 e. The summed E-state index contributed by atoms with van der Waals surface area (Å²) in [6.45, 7) is 4.06. The molecule has 2 fully saturated rings. The minimum absolute atomic E-state index is 0.0487. The van der Waals surface area contributed by atoms with Crippen LogP contribution in [0.2, 0.25) is 0 Å². The van der Waals surface area contributed by atoms with E-state index < -0.39 is 0 Å². The first kappa shape index (κ1) is 13.5. The molecule has 0 bridgehead atoms. The van der Waals surface area contributed by atoms with Crippen LogP contribution in [0.1, 0.15) is 36.2 Å². The summed E-state index contributed by atoms with van der Waals surface area (Å²) in [4.78, 5) is 22.2. The smallest absolute Gasteiger partial charge is 0.272 e. The molecule has 1 N–H and O–H groups in total. The van der Waals surface area contributed by atoms with Crippen molar-refractivity contribution in [3.8, 4) is 0 Å². The molecule has 0 saturated carbocycles. The van der Waals surface area contributed by atoms with Gasteiger partial charge in [0.1, 0.15) is 12.0 Å². The number of aromatic nitrogens is 2. The van der Waals surface area contributed by atoms with Gasteiger partial charge in [-0.3, -0.25) is 4.79 Å². The number of nitrogens with zero attached hydrogens (tertiary/aromatic N) is 3. The van der Waals surface area contributed by atoms with Crippen molar-refractivity contribution < 1.29 is 4.79 Å². The zero-order valence-electron chi connectivity index (χ0n) is 11.8. The highest BCUT2D eigenvalue weighted by atomic mass is 16.2. The van der Waals surface area contributed by atoms with Gasteiger partial charge < -0.3 is 10.2 Å². The Balaban J connectivity index is 1.54. The summed E-state index contributed by atoms with van der Waals surface area (Å²) < 4.78 is 0. The zero-order chi connectivity index (χ0) is 13.8. The Morgan fingerprint density at radius 1 is 1.25 bits per heavy atom. The molecule has 20 heavy (non-hydrogen) atoms. The van der Waals surface area contributed by atoms with E-state index in [-0.39, 0.29) is 5.91 Å². The second-order valence-corrected chi connectivity index (χ2v) is 5.83. The van der Waals surface area contributed by atoms with Gasteiger partial charge in [-0.2, -0.15) is 0 Å². The molecule has 2 aliphatic rings. The summed E-state index contributed by atoms with van der Waals surface area (Å²) >= 11 is 0. The maximum atomic E-state index is 12.3. The van der Waals surface area contributed by atoms with E-state index in [0.717, 1.165) is 44.3 Å². The molecule has 1 amide bonds. The number of carbonyl (C=O) groups is 1. The van der Waals surface area contributed by atoms with Gasteiger partial charge >= 0.3 is 0 Å². The molecule has 1 atom stereocenters. The van der Waals surface area contributed by atoms with Crippen LogP contribution in [0.4, 0.5) is 0 Å². The fourth-order valence-corrected chi connectivity index (χ4v) is 3.43. The third-order valence-electron chi connectivity index (χ3n) is 4.63. The highest BCUT2D eigenvalue weighted by Crippen LogP contribution is 2.29. The largest absolute Gasteiger partial charge is 0.337 e. The molecule has 1 aromatic rings. The topological polar surface area (TPSA) is 58.1 Å². The Morgan fingerprint density at radius 3 is 2.75 bits per heavy atom. The number of rotatable bonds is 2. The molecular weight excluding hydrogens is 252 g/mol. The van der Waals surface area contributed by atoms with E-state index in [1.807, 2.05) is 4.90 Å². The first-order chi connectivity index (χ1) is 9.84. The minimum Gasteiger partial charge on any atom is -0.337 e. The van der Waals surface area contributed by atoms with Gasteiger partial charge in [0.05, 0.1) is 0 Å². The number of piperidine rings is 2. The van der Waals surface area contributed by atoms with E-state index in [0.29, 0.717) is 5.69 Å². The van der Waals surface area contributed by atoms with Crippen LogP contribution in [0, 0.1) is 11.8 Å². The van der Waals surface area contributed by atoms with Crippen molar-refractivity contribution in [1.82, 2.24) is 20.2 Å². The van der Waals surface area contributed by atoms with Crippen molar-refractivity contribution >= 4 is 5.91 Å². The molecule has 1 aromatic heterocycles. The normalized spacial score (nSPS) is 24.6. The van der Waals surface area contributed by atoms with Crippen LogP contribution in [0.25, 0.3) is 0 Å². The Bertz CT molecular complexity index is 436. The summed E-state index contributed by atoms with van der Waals surface area (Å²) in [6, 6.07) is 1.69. The summed E-state index contributed by atoms with van der Waals surface area (Å²) in [5, 5.41) is 3.49. The second-order valence-electron chi connectivity index (χ2n) is 5.83. The van der Waals surface area contributed by atoms with Crippen LogP contribution in [0.5, 0.6) is 0 Å². The standard InChI is InChI=1S/C15H22N4O/c20-15(14-3-7-17-11-18-14)19-8-4-12(5-9-19)13-2-1-6-16-10-13/h3,7,11-13,16H,1-2,4-6,8-10H2. The van der Waals surface area contributed by atoms with Gasteiger partial charge in [-0.05, 0) is 56.7 Å². The van der Waals surface area contributed by atoms with Crippen molar-refractivity contribution in [1.29, 1.82) is 0 Å². The van der Waals surface area contributed by atoms with E-state index in [9.17, 15) is 4.79 Å². The molecule has 0 spiro atoms. The van der Waals surface area contributed by atoms with E-state index in [4.69, 9.17) is 0 Å². The molecule has 2 saturated heterocycles. The molecule has 2 aliphatic heterocycles. The number of amides is 1. The van der Waals surface area contributed by atoms with Gasteiger partial charge in [0, 0.05) is 19.3 Å². The van der Waals surface area contributed by atoms with Crippen molar-refractivity contribution in [2.75, 3.05) is 26.2 Å². The minimum atomic E-state index is 0.0487. The average molecular weight is 274 g/mol. The second kappa shape index (κ2) is 6.31. The number of hydrogen-bond acceptors (Lipinski definition) is 4. The van der Waals surface area contributed by atoms with E-state index in [1.165, 1.54) is 25.7 Å². The summed E-state index contributed by atoms with van der Waals surface area (Å²) in [5.41, 5.74) is 0.512. The lowest BCUT2D eigenvalue weighted by Gasteiger charge is -2.37. The first-order valence-electron chi connectivity index (χ1n) is 7.60. The summed E-state index contributed by atoms with van der Waals surface area (Å²) in [5.74, 6) is 1.63. The van der Waals surface area contributed by atoms with Gasteiger partial charge in [-0.15, -0.1) is 0 Å². The first-order valence-corrected chi connectivity index (χ1v) is 7.60. The SMILES string of the molecule is O=C(c1ccncn1)N1CCC(C2CCCNC2)CC1. The lowest BCUT2D eigenvalue weighted by molar-refractivity contribution is 0.0639. The molecule has 5 nitrogen and oxygen atoms in total. The monoisotopic (exact) mass is 274 g/mol. The van der Waals surface area contributed by atoms with Crippen LogP contribution >= 0.6 is 0 Å².